The van der Waals surface area contributed by atoms with Gasteiger partial charge in [-0.1, -0.05) is 0 Å². The van der Waals surface area contributed by atoms with E-state index in [0.29, 0.717) is 19.6 Å². The van der Waals surface area contributed by atoms with Crippen LogP contribution in [0, 0.1) is 0 Å². The van der Waals surface area contributed by atoms with Gasteiger partial charge in [-0.05, 0) is 37.1 Å². The van der Waals surface area contributed by atoms with Gasteiger partial charge >= 0.3 is 0 Å². The Balaban J connectivity index is 1.60. The molecule has 1 atom stereocenters. The molecule has 1 amide bonds. The third-order valence-corrected chi connectivity index (χ3v) is 3.21. The zero-order valence-corrected chi connectivity index (χ0v) is 11.8. The average molecular weight is 279 g/mol. The van der Waals surface area contributed by atoms with Crippen LogP contribution in [-0.2, 0) is 9.53 Å². The molecular formula is C15H21NO4. The van der Waals surface area contributed by atoms with E-state index in [0.717, 1.165) is 30.9 Å². The fourth-order valence-corrected chi connectivity index (χ4v) is 2.05. The van der Waals surface area contributed by atoms with Crippen molar-refractivity contribution < 1.29 is 19.0 Å². The van der Waals surface area contributed by atoms with Crippen molar-refractivity contribution in [2.75, 3.05) is 26.9 Å². The van der Waals surface area contributed by atoms with Gasteiger partial charge in [0.25, 0.3) is 0 Å². The number of amides is 1. The number of carbonyl (C=O) groups excluding carboxylic acids is 1. The Morgan fingerprint density at radius 1 is 1.35 bits per heavy atom. The van der Waals surface area contributed by atoms with Gasteiger partial charge < -0.3 is 19.5 Å². The molecular weight excluding hydrogens is 258 g/mol. The minimum absolute atomic E-state index is 0.00554. The smallest absolute Gasteiger partial charge is 0.223 e. The molecule has 1 aromatic rings. The van der Waals surface area contributed by atoms with Crippen LogP contribution in [0.5, 0.6) is 11.5 Å². The number of ether oxygens (including phenoxy) is 3. The summed E-state index contributed by atoms with van der Waals surface area (Å²) in [5.41, 5.74) is 0. The molecule has 0 radical (unpaired) electrons. The Morgan fingerprint density at radius 2 is 2.10 bits per heavy atom. The second-order valence-corrected chi connectivity index (χ2v) is 4.71. The summed E-state index contributed by atoms with van der Waals surface area (Å²) in [5, 5.41) is 2.87. The maximum absolute atomic E-state index is 11.6. The normalized spacial score (nSPS) is 17.8. The van der Waals surface area contributed by atoms with E-state index in [1.807, 2.05) is 24.3 Å². The maximum Gasteiger partial charge on any atom is 0.223 e. The van der Waals surface area contributed by atoms with Crippen LogP contribution in [0.4, 0.5) is 0 Å². The highest BCUT2D eigenvalue weighted by Crippen LogP contribution is 2.17. The van der Waals surface area contributed by atoms with Gasteiger partial charge in [-0.25, -0.2) is 0 Å². The van der Waals surface area contributed by atoms with Crippen LogP contribution in [-0.4, -0.2) is 38.9 Å². The van der Waals surface area contributed by atoms with E-state index in [4.69, 9.17) is 14.2 Å². The van der Waals surface area contributed by atoms with Gasteiger partial charge in [-0.2, -0.15) is 0 Å². The highest BCUT2D eigenvalue weighted by molar-refractivity contribution is 5.76. The molecule has 110 valence electrons. The first kappa shape index (κ1) is 14.7. The lowest BCUT2D eigenvalue weighted by Gasteiger charge is -2.11. The lowest BCUT2D eigenvalue weighted by molar-refractivity contribution is -0.122. The molecule has 0 saturated carbocycles. The molecule has 1 saturated heterocycles. The zero-order chi connectivity index (χ0) is 14.2. The van der Waals surface area contributed by atoms with E-state index in [1.165, 1.54) is 0 Å². The largest absolute Gasteiger partial charge is 0.497 e. The molecule has 0 aromatic heterocycles. The molecule has 20 heavy (non-hydrogen) atoms. The molecule has 2 rings (SSSR count). The molecule has 5 heteroatoms. The molecule has 0 bridgehead atoms. The summed E-state index contributed by atoms with van der Waals surface area (Å²) >= 11 is 0. The summed E-state index contributed by atoms with van der Waals surface area (Å²) in [7, 11) is 1.62. The van der Waals surface area contributed by atoms with E-state index < -0.39 is 0 Å². The number of rotatable bonds is 7. The number of hydrogen-bond donors (Lipinski definition) is 1. The first-order valence-electron chi connectivity index (χ1n) is 6.93. The summed E-state index contributed by atoms with van der Waals surface area (Å²) in [6.45, 7) is 1.77. The molecule has 1 aliphatic heterocycles. The topological polar surface area (TPSA) is 56.8 Å². The van der Waals surface area contributed by atoms with Gasteiger partial charge in [0.05, 0.1) is 26.2 Å². The monoisotopic (exact) mass is 279 g/mol. The maximum atomic E-state index is 11.6. The minimum Gasteiger partial charge on any atom is -0.497 e. The van der Waals surface area contributed by atoms with E-state index in [1.54, 1.807) is 7.11 Å². The lowest BCUT2D eigenvalue weighted by Crippen LogP contribution is -2.32. The van der Waals surface area contributed by atoms with Crippen LogP contribution in [0.25, 0.3) is 0 Å². The van der Waals surface area contributed by atoms with Crippen LogP contribution in [0.2, 0.25) is 0 Å². The summed E-state index contributed by atoms with van der Waals surface area (Å²) in [6.07, 6.45) is 2.64. The summed E-state index contributed by atoms with van der Waals surface area (Å²) in [5.74, 6) is 1.51. The second-order valence-electron chi connectivity index (χ2n) is 4.71. The van der Waals surface area contributed by atoms with E-state index in [2.05, 4.69) is 5.32 Å². The molecule has 1 heterocycles. The number of benzene rings is 1. The lowest BCUT2D eigenvalue weighted by atomic mass is 10.2. The Kier molecular flexibility index (Phi) is 5.68. The molecule has 0 spiro atoms. The van der Waals surface area contributed by atoms with Crippen LogP contribution < -0.4 is 14.8 Å². The van der Waals surface area contributed by atoms with E-state index in [9.17, 15) is 4.79 Å². The van der Waals surface area contributed by atoms with Crippen LogP contribution >= 0.6 is 0 Å². The summed E-state index contributed by atoms with van der Waals surface area (Å²) < 4.78 is 16.0. The molecule has 1 unspecified atom stereocenters. The highest BCUT2D eigenvalue weighted by Gasteiger charge is 2.15. The van der Waals surface area contributed by atoms with Gasteiger partial charge in [-0.3, -0.25) is 4.79 Å². The summed E-state index contributed by atoms with van der Waals surface area (Å²) in [6, 6.07) is 7.30. The van der Waals surface area contributed by atoms with Gasteiger partial charge in [0.1, 0.15) is 11.5 Å². The van der Waals surface area contributed by atoms with Crippen molar-refractivity contribution in [1.29, 1.82) is 0 Å². The molecule has 1 N–H and O–H groups in total. The third kappa shape index (κ3) is 4.74. The molecule has 5 nitrogen and oxygen atoms in total. The standard InChI is InChI=1S/C15H21NO4/c1-18-12-4-6-13(7-5-12)20-10-8-15(17)16-11-14-3-2-9-19-14/h4-7,14H,2-3,8-11H2,1H3,(H,16,17). The van der Waals surface area contributed by atoms with E-state index >= 15 is 0 Å². The number of hydrogen-bond acceptors (Lipinski definition) is 4. The highest BCUT2D eigenvalue weighted by atomic mass is 16.5. The van der Waals surface area contributed by atoms with Crippen LogP contribution in [0.1, 0.15) is 19.3 Å². The quantitative estimate of drug-likeness (QED) is 0.826. The van der Waals surface area contributed by atoms with Crippen molar-refractivity contribution in [1.82, 2.24) is 5.32 Å². The Morgan fingerprint density at radius 3 is 2.75 bits per heavy atom. The Labute approximate surface area is 119 Å². The zero-order valence-electron chi connectivity index (χ0n) is 11.8. The minimum atomic E-state index is -0.00554. The number of nitrogens with one attached hydrogen (secondary N) is 1. The van der Waals surface area contributed by atoms with Crippen LogP contribution in [0.3, 0.4) is 0 Å². The van der Waals surface area contributed by atoms with Crippen molar-refractivity contribution in [3.63, 3.8) is 0 Å². The molecule has 1 aliphatic rings. The fourth-order valence-electron chi connectivity index (χ4n) is 2.05. The molecule has 1 fully saturated rings. The molecule has 1 aromatic carbocycles. The predicted molar refractivity (Wildman–Crippen MR) is 75.1 cm³/mol. The van der Waals surface area contributed by atoms with Crippen molar-refractivity contribution in [2.24, 2.45) is 0 Å². The van der Waals surface area contributed by atoms with Gasteiger partial charge in [-0.15, -0.1) is 0 Å². The Hall–Kier alpha value is -1.75. The van der Waals surface area contributed by atoms with Crippen molar-refractivity contribution in [3.8, 4) is 11.5 Å². The van der Waals surface area contributed by atoms with Crippen molar-refractivity contribution in [2.45, 2.75) is 25.4 Å². The average Bonchev–Trinajstić information content (AvgIpc) is 2.99. The first-order valence-corrected chi connectivity index (χ1v) is 6.93. The predicted octanol–water partition coefficient (Wildman–Crippen LogP) is 1.76. The second kappa shape index (κ2) is 7.75. The third-order valence-electron chi connectivity index (χ3n) is 3.21. The summed E-state index contributed by atoms with van der Waals surface area (Å²) in [4.78, 5) is 11.6. The Bertz CT molecular complexity index is 412. The SMILES string of the molecule is COc1ccc(OCCC(=O)NCC2CCCO2)cc1. The van der Waals surface area contributed by atoms with Crippen molar-refractivity contribution >= 4 is 5.91 Å². The van der Waals surface area contributed by atoms with Crippen LogP contribution in [0.15, 0.2) is 24.3 Å². The number of methoxy groups -OCH3 is 1. The van der Waals surface area contributed by atoms with E-state index in [-0.39, 0.29) is 12.0 Å². The first-order chi connectivity index (χ1) is 9.78. The van der Waals surface area contributed by atoms with Gasteiger partial charge in [0.2, 0.25) is 5.91 Å². The van der Waals surface area contributed by atoms with Gasteiger partial charge in [0.15, 0.2) is 0 Å². The van der Waals surface area contributed by atoms with Gasteiger partial charge in [0, 0.05) is 13.2 Å². The van der Waals surface area contributed by atoms with Crippen molar-refractivity contribution in [3.05, 3.63) is 24.3 Å². The number of carbonyl (C=O) groups is 1. The fraction of sp³-hybridized carbons (Fsp3) is 0.533. The molecule has 0 aliphatic carbocycles.